The molecule has 1 amide bonds. The molecule has 2 rings (SSSR count). The maximum absolute atomic E-state index is 12.3. The first-order valence-corrected chi connectivity index (χ1v) is 8.70. The van der Waals surface area contributed by atoms with E-state index in [1.807, 2.05) is 0 Å². The summed E-state index contributed by atoms with van der Waals surface area (Å²) in [6.07, 6.45) is 2.55. The molecule has 0 radical (unpaired) electrons. The lowest BCUT2D eigenvalue weighted by molar-refractivity contribution is -0.149. The predicted molar refractivity (Wildman–Crippen MR) is 92.5 cm³/mol. The van der Waals surface area contributed by atoms with Gasteiger partial charge in [0.25, 0.3) is 0 Å². The molecule has 132 valence electrons. The Morgan fingerprint density at radius 3 is 2.83 bits per heavy atom. The van der Waals surface area contributed by atoms with E-state index in [4.69, 9.17) is 32.7 Å². The van der Waals surface area contributed by atoms with Crippen molar-refractivity contribution in [2.45, 2.75) is 25.7 Å². The third-order valence-corrected chi connectivity index (χ3v) is 4.53. The average Bonchev–Trinajstić information content (AvgIpc) is 2.59. The number of carbonyl (C=O) groups is 2. The van der Waals surface area contributed by atoms with Crippen LogP contribution < -0.4 is 4.74 Å². The second-order valence-electron chi connectivity index (χ2n) is 5.73. The number of hydrogen-bond donors (Lipinski definition) is 0. The SMILES string of the molecule is COC(=O)C1CCCN(C(=O)CCCOc2ccc(Cl)cc2Cl)C1. The Morgan fingerprint density at radius 2 is 2.12 bits per heavy atom. The van der Waals surface area contributed by atoms with Gasteiger partial charge in [-0.15, -0.1) is 0 Å². The molecule has 1 aliphatic rings. The molecule has 1 fully saturated rings. The van der Waals surface area contributed by atoms with Gasteiger partial charge in [0.1, 0.15) is 5.75 Å². The van der Waals surface area contributed by atoms with Crippen molar-refractivity contribution in [3.8, 4) is 5.75 Å². The molecule has 0 spiro atoms. The first kappa shape index (κ1) is 18.9. The molecule has 1 heterocycles. The fourth-order valence-corrected chi connectivity index (χ4v) is 3.18. The summed E-state index contributed by atoms with van der Waals surface area (Å²) in [5.41, 5.74) is 0. The van der Waals surface area contributed by atoms with Crippen LogP contribution in [0.1, 0.15) is 25.7 Å². The number of likely N-dealkylation sites (tertiary alicyclic amines) is 1. The molecule has 5 nitrogen and oxygen atoms in total. The molecule has 1 atom stereocenters. The molecule has 1 aromatic rings. The van der Waals surface area contributed by atoms with Gasteiger partial charge in [0, 0.05) is 24.5 Å². The zero-order chi connectivity index (χ0) is 17.5. The molecule has 1 aromatic carbocycles. The van der Waals surface area contributed by atoms with E-state index in [2.05, 4.69) is 0 Å². The summed E-state index contributed by atoms with van der Waals surface area (Å²) < 4.78 is 10.3. The smallest absolute Gasteiger partial charge is 0.310 e. The Labute approximate surface area is 151 Å². The number of benzene rings is 1. The van der Waals surface area contributed by atoms with Crippen LogP contribution in [-0.2, 0) is 14.3 Å². The van der Waals surface area contributed by atoms with Crippen molar-refractivity contribution < 1.29 is 19.1 Å². The highest BCUT2D eigenvalue weighted by Gasteiger charge is 2.28. The summed E-state index contributed by atoms with van der Waals surface area (Å²) in [5.74, 6) is 0.136. The molecule has 0 aromatic heterocycles. The zero-order valence-electron chi connectivity index (χ0n) is 13.6. The van der Waals surface area contributed by atoms with Gasteiger partial charge in [0.2, 0.25) is 5.91 Å². The fourth-order valence-electron chi connectivity index (χ4n) is 2.72. The van der Waals surface area contributed by atoms with Crippen molar-refractivity contribution in [3.05, 3.63) is 28.2 Å². The largest absolute Gasteiger partial charge is 0.492 e. The minimum atomic E-state index is -0.242. The number of amides is 1. The number of piperidine rings is 1. The second-order valence-corrected chi connectivity index (χ2v) is 6.57. The van der Waals surface area contributed by atoms with E-state index in [0.717, 1.165) is 12.8 Å². The summed E-state index contributed by atoms with van der Waals surface area (Å²) in [5, 5.41) is 0.999. The summed E-state index contributed by atoms with van der Waals surface area (Å²) in [6, 6.07) is 5.02. The highest BCUT2D eigenvalue weighted by atomic mass is 35.5. The van der Waals surface area contributed by atoms with Crippen molar-refractivity contribution in [2.75, 3.05) is 26.8 Å². The first-order chi connectivity index (χ1) is 11.5. The van der Waals surface area contributed by atoms with Crippen LogP contribution >= 0.6 is 23.2 Å². The summed E-state index contributed by atoms with van der Waals surface area (Å²) in [7, 11) is 1.38. The molecule has 0 bridgehead atoms. The van der Waals surface area contributed by atoms with E-state index in [-0.39, 0.29) is 17.8 Å². The van der Waals surface area contributed by atoms with Crippen LogP contribution in [0.15, 0.2) is 18.2 Å². The number of nitrogens with zero attached hydrogens (tertiary/aromatic N) is 1. The molecule has 0 aliphatic carbocycles. The van der Waals surface area contributed by atoms with Gasteiger partial charge >= 0.3 is 5.97 Å². The van der Waals surface area contributed by atoms with Gasteiger partial charge in [-0.05, 0) is 37.5 Å². The van der Waals surface area contributed by atoms with Gasteiger partial charge in [-0.3, -0.25) is 9.59 Å². The van der Waals surface area contributed by atoms with Crippen molar-refractivity contribution in [1.82, 2.24) is 4.90 Å². The number of methoxy groups -OCH3 is 1. The maximum Gasteiger partial charge on any atom is 0.310 e. The molecule has 0 N–H and O–H groups in total. The van der Waals surface area contributed by atoms with Crippen molar-refractivity contribution in [1.29, 1.82) is 0 Å². The number of ether oxygens (including phenoxy) is 2. The lowest BCUT2D eigenvalue weighted by Gasteiger charge is -2.31. The van der Waals surface area contributed by atoms with Crippen LogP contribution in [0.5, 0.6) is 5.75 Å². The molecule has 1 saturated heterocycles. The fraction of sp³-hybridized carbons (Fsp3) is 0.529. The Kier molecular flexibility index (Phi) is 7.18. The quantitative estimate of drug-likeness (QED) is 0.564. The topological polar surface area (TPSA) is 55.8 Å². The Balaban J connectivity index is 1.73. The molecular formula is C17H21Cl2NO4. The lowest BCUT2D eigenvalue weighted by atomic mass is 9.98. The minimum Gasteiger partial charge on any atom is -0.492 e. The molecule has 1 aliphatic heterocycles. The van der Waals surface area contributed by atoms with Gasteiger partial charge in [0.15, 0.2) is 0 Å². The summed E-state index contributed by atoms with van der Waals surface area (Å²) in [4.78, 5) is 25.6. The lowest BCUT2D eigenvalue weighted by Crippen LogP contribution is -2.42. The second kappa shape index (κ2) is 9.14. The van der Waals surface area contributed by atoms with E-state index in [0.29, 0.717) is 48.3 Å². The van der Waals surface area contributed by atoms with Crippen molar-refractivity contribution in [3.63, 3.8) is 0 Å². The van der Waals surface area contributed by atoms with E-state index >= 15 is 0 Å². The van der Waals surface area contributed by atoms with Crippen molar-refractivity contribution in [2.24, 2.45) is 5.92 Å². The van der Waals surface area contributed by atoms with Crippen LogP contribution in [0.2, 0.25) is 10.0 Å². The van der Waals surface area contributed by atoms with Crippen LogP contribution in [0.4, 0.5) is 0 Å². The number of hydrogen-bond acceptors (Lipinski definition) is 4. The third-order valence-electron chi connectivity index (χ3n) is 4.00. The summed E-state index contributed by atoms with van der Waals surface area (Å²) in [6.45, 7) is 1.52. The van der Waals surface area contributed by atoms with Gasteiger partial charge in [0.05, 0.1) is 24.7 Å². The van der Waals surface area contributed by atoms with E-state index in [1.54, 1.807) is 23.1 Å². The number of halogens is 2. The van der Waals surface area contributed by atoms with E-state index in [1.165, 1.54) is 7.11 Å². The Hall–Kier alpha value is -1.46. The van der Waals surface area contributed by atoms with Crippen LogP contribution in [0, 0.1) is 5.92 Å². The Morgan fingerprint density at radius 1 is 1.33 bits per heavy atom. The van der Waals surface area contributed by atoms with Gasteiger partial charge < -0.3 is 14.4 Å². The molecule has 1 unspecified atom stereocenters. The van der Waals surface area contributed by atoms with Crippen LogP contribution in [0.3, 0.4) is 0 Å². The van der Waals surface area contributed by atoms with Crippen LogP contribution in [-0.4, -0.2) is 43.6 Å². The monoisotopic (exact) mass is 373 g/mol. The highest BCUT2D eigenvalue weighted by molar-refractivity contribution is 6.35. The number of esters is 1. The third kappa shape index (κ3) is 5.28. The number of rotatable bonds is 6. The minimum absolute atomic E-state index is 0.0365. The van der Waals surface area contributed by atoms with Gasteiger partial charge in [-0.25, -0.2) is 0 Å². The normalized spacial score (nSPS) is 17.5. The highest BCUT2D eigenvalue weighted by Crippen LogP contribution is 2.27. The molecule has 7 heteroatoms. The van der Waals surface area contributed by atoms with E-state index < -0.39 is 0 Å². The molecular weight excluding hydrogens is 353 g/mol. The summed E-state index contributed by atoms with van der Waals surface area (Å²) >= 11 is 11.9. The maximum atomic E-state index is 12.3. The van der Waals surface area contributed by atoms with Gasteiger partial charge in [-0.1, -0.05) is 23.2 Å². The van der Waals surface area contributed by atoms with Gasteiger partial charge in [-0.2, -0.15) is 0 Å². The number of carbonyl (C=O) groups excluding carboxylic acids is 2. The predicted octanol–water partition coefficient (Wildman–Crippen LogP) is 3.56. The van der Waals surface area contributed by atoms with Crippen molar-refractivity contribution >= 4 is 35.1 Å². The first-order valence-electron chi connectivity index (χ1n) is 7.94. The molecule has 0 saturated carbocycles. The standard InChI is InChI=1S/C17H21Cl2NO4/c1-23-17(22)12-4-2-8-20(11-12)16(21)5-3-9-24-15-7-6-13(18)10-14(15)19/h6-7,10,12H,2-5,8-9,11H2,1H3. The Bertz CT molecular complexity index is 594. The average molecular weight is 374 g/mol. The van der Waals surface area contributed by atoms with Crippen LogP contribution in [0.25, 0.3) is 0 Å². The zero-order valence-corrected chi connectivity index (χ0v) is 15.1. The molecule has 24 heavy (non-hydrogen) atoms. The van der Waals surface area contributed by atoms with E-state index in [9.17, 15) is 9.59 Å².